The van der Waals surface area contributed by atoms with E-state index >= 15 is 0 Å². The van der Waals surface area contributed by atoms with Crippen LogP contribution >= 0.6 is 0 Å². The SMILES string of the molecule is CNC(=O)c1cc(C)cc(-c2ccccc2)n1. The largest absolute Gasteiger partial charge is 0.354 e. The van der Waals surface area contributed by atoms with E-state index in [9.17, 15) is 4.79 Å². The van der Waals surface area contributed by atoms with Crippen LogP contribution in [0.5, 0.6) is 0 Å². The molecule has 0 aliphatic rings. The van der Waals surface area contributed by atoms with E-state index in [1.807, 2.05) is 43.3 Å². The molecule has 0 aliphatic heterocycles. The zero-order chi connectivity index (χ0) is 12.3. The second-order valence-corrected chi connectivity index (χ2v) is 3.86. The van der Waals surface area contributed by atoms with E-state index in [1.54, 1.807) is 13.1 Å². The van der Waals surface area contributed by atoms with Crippen LogP contribution in [0.2, 0.25) is 0 Å². The highest BCUT2D eigenvalue weighted by molar-refractivity contribution is 5.92. The Morgan fingerprint density at radius 2 is 1.88 bits per heavy atom. The zero-order valence-corrected chi connectivity index (χ0v) is 9.90. The summed E-state index contributed by atoms with van der Waals surface area (Å²) in [7, 11) is 1.61. The molecule has 0 radical (unpaired) electrons. The highest BCUT2D eigenvalue weighted by Gasteiger charge is 2.08. The fourth-order valence-electron chi connectivity index (χ4n) is 1.67. The van der Waals surface area contributed by atoms with E-state index in [1.165, 1.54) is 0 Å². The average molecular weight is 226 g/mol. The van der Waals surface area contributed by atoms with Crippen molar-refractivity contribution in [1.29, 1.82) is 0 Å². The molecular weight excluding hydrogens is 212 g/mol. The Hall–Kier alpha value is -2.16. The van der Waals surface area contributed by atoms with Crippen LogP contribution in [0.15, 0.2) is 42.5 Å². The Balaban J connectivity index is 2.49. The normalized spacial score (nSPS) is 10.0. The number of amides is 1. The van der Waals surface area contributed by atoms with Gasteiger partial charge < -0.3 is 5.32 Å². The van der Waals surface area contributed by atoms with E-state index in [0.717, 1.165) is 16.8 Å². The topological polar surface area (TPSA) is 42.0 Å². The summed E-state index contributed by atoms with van der Waals surface area (Å²) in [5.74, 6) is -0.161. The molecule has 1 aromatic carbocycles. The molecule has 1 heterocycles. The Bertz CT molecular complexity index is 535. The summed E-state index contributed by atoms with van der Waals surface area (Å²) in [4.78, 5) is 15.9. The zero-order valence-electron chi connectivity index (χ0n) is 9.90. The number of aryl methyl sites for hydroxylation is 1. The third-order valence-corrected chi connectivity index (χ3v) is 2.50. The van der Waals surface area contributed by atoms with Gasteiger partial charge in [-0.25, -0.2) is 4.98 Å². The average Bonchev–Trinajstić information content (AvgIpc) is 2.38. The lowest BCUT2D eigenvalue weighted by Gasteiger charge is -2.05. The Morgan fingerprint density at radius 1 is 1.18 bits per heavy atom. The van der Waals surface area contributed by atoms with Crippen LogP contribution in [0.25, 0.3) is 11.3 Å². The van der Waals surface area contributed by atoms with Gasteiger partial charge in [-0.1, -0.05) is 30.3 Å². The van der Waals surface area contributed by atoms with E-state index in [-0.39, 0.29) is 5.91 Å². The fourth-order valence-corrected chi connectivity index (χ4v) is 1.67. The molecule has 0 spiro atoms. The number of hydrogen-bond donors (Lipinski definition) is 1. The number of nitrogens with one attached hydrogen (secondary N) is 1. The first-order chi connectivity index (χ1) is 8.20. The van der Waals surface area contributed by atoms with Gasteiger partial charge in [0, 0.05) is 12.6 Å². The van der Waals surface area contributed by atoms with E-state index in [2.05, 4.69) is 10.3 Å². The first-order valence-corrected chi connectivity index (χ1v) is 5.47. The van der Waals surface area contributed by atoms with Crippen molar-refractivity contribution >= 4 is 5.91 Å². The molecule has 3 heteroatoms. The molecule has 0 atom stereocenters. The summed E-state index contributed by atoms with van der Waals surface area (Å²) < 4.78 is 0. The smallest absolute Gasteiger partial charge is 0.269 e. The number of carbonyl (C=O) groups is 1. The van der Waals surface area contributed by atoms with Gasteiger partial charge in [0.2, 0.25) is 0 Å². The molecule has 2 aromatic rings. The maximum absolute atomic E-state index is 11.6. The van der Waals surface area contributed by atoms with Gasteiger partial charge in [0.25, 0.3) is 5.91 Å². The molecule has 17 heavy (non-hydrogen) atoms. The fraction of sp³-hybridized carbons (Fsp3) is 0.143. The van der Waals surface area contributed by atoms with Crippen LogP contribution in [-0.2, 0) is 0 Å². The molecule has 2 rings (SSSR count). The van der Waals surface area contributed by atoms with Crippen LogP contribution in [0, 0.1) is 6.92 Å². The number of rotatable bonds is 2. The molecule has 0 bridgehead atoms. The standard InChI is InChI=1S/C14H14N2O/c1-10-8-12(11-6-4-3-5-7-11)16-13(9-10)14(17)15-2/h3-9H,1-2H3,(H,15,17). The third kappa shape index (κ3) is 2.50. The molecule has 0 saturated heterocycles. The number of pyridine rings is 1. The number of benzene rings is 1. The van der Waals surface area contributed by atoms with Crippen LogP contribution in [-0.4, -0.2) is 17.9 Å². The monoisotopic (exact) mass is 226 g/mol. The van der Waals surface area contributed by atoms with Crippen molar-refractivity contribution in [2.45, 2.75) is 6.92 Å². The molecule has 86 valence electrons. The van der Waals surface area contributed by atoms with Gasteiger partial charge in [0.15, 0.2) is 0 Å². The lowest BCUT2D eigenvalue weighted by Crippen LogP contribution is -2.19. The van der Waals surface area contributed by atoms with Gasteiger partial charge in [-0.15, -0.1) is 0 Å². The van der Waals surface area contributed by atoms with Gasteiger partial charge in [0.05, 0.1) is 5.69 Å². The molecule has 0 fully saturated rings. The first kappa shape index (κ1) is 11.3. The van der Waals surface area contributed by atoms with E-state index in [0.29, 0.717) is 5.69 Å². The van der Waals surface area contributed by atoms with Crippen molar-refractivity contribution in [1.82, 2.24) is 10.3 Å². The quantitative estimate of drug-likeness (QED) is 0.854. The Kier molecular flexibility index (Phi) is 3.19. The highest BCUT2D eigenvalue weighted by Crippen LogP contribution is 2.18. The van der Waals surface area contributed by atoms with Crippen LogP contribution < -0.4 is 5.32 Å². The number of nitrogens with zero attached hydrogens (tertiary/aromatic N) is 1. The minimum atomic E-state index is -0.161. The van der Waals surface area contributed by atoms with Crippen molar-refractivity contribution < 1.29 is 4.79 Å². The Morgan fingerprint density at radius 3 is 2.53 bits per heavy atom. The summed E-state index contributed by atoms with van der Waals surface area (Å²) in [6.07, 6.45) is 0. The van der Waals surface area contributed by atoms with E-state index < -0.39 is 0 Å². The molecular formula is C14H14N2O. The van der Waals surface area contributed by atoms with Gasteiger partial charge in [-0.05, 0) is 24.6 Å². The Labute approximate surface area is 101 Å². The van der Waals surface area contributed by atoms with Crippen LogP contribution in [0.1, 0.15) is 16.1 Å². The minimum absolute atomic E-state index is 0.161. The van der Waals surface area contributed by atoms with Crippen molar-refractivity contribution in [3.05, 3.63) is 53.7 Å². The van der Waals surface area contributed by atoms with Crippen molar-refractivity contribution in [2.24, 2.45) is 0 Å². The molecule has 1 aromatic heterocycles. The molecule has 3 nitrogen and oxygen atoms in total. The van der Waals surface area contributed by atoms with Crippen molar-refractivity contribution in [3.63, 3.8) is 0 Å². The van der Waals surface area contributed by atoms with Crippen molar-refractivity contribution in [3.8, 4) is 11.3 Å². The van der Waals surface area contributed by atoms with Crippen molar-refractivity contribution in [2.75, 3.05) is 7.05 Å². The van der Waals surface area contributed by atoms with Crippen LogP contribution in [0.4, 0.5) is 0 Å². The van der Waals surface area contributed by atoms with Gasteiger partial charge in [0.1, 0.15) is 5.69 Å². The predicted molar refractivity (Wildman–Crippen MR) is 67.8 cm³/mol. The van der Waals surface area contributed by atoms with Gasteiger partial charge >= 0.3 is 0 Å². The number of carbonyl (C=O) groups excluding carboxylic acids is 1. The lowest BCUT2D eigenvalue weighted by molar-refractivity contribution is 0.0958. The first-order valence-electron chi connectivity index (χ1n) is 5.47. The molecule has 0 aliphatic carbocycles. The molecule has 1 N–H and O–H groups in total. The minimum Gasteiger partial charge on any atom is -0.354 e. The molecule has 0 unspecified atom stereocenters. The van der Waals surface area contributed by atoms with Crippen LogP contribution in [0.3, 0.4) is 0 Å². The predicted octanol–water partition coefficient (Wildman–Crippen LogP) is 2.42. The third-order valence-electron chi connectivity index (χ3n) is 2.50. The maximum atomic E-state index is 11.6. The van der Waals surface area contributed by atoms with E-state index in [4.69, 9.17) is 0 Å². The second-order valence-electron chi connectivity index (χ2n) is 3.86. The highest BCUT2D eigenvalue weighted by atomic mass is 16.1. The summed E-state index contributed by atoms with van der Waals surface area (Å²) in [6.45, 7) is 1.96. The summed E-state index contributed by atoms with van der Waals surface area (Å²) in [6, 6.07) is 13.6. The maximum Gasteiger partial charge on any atom is 0.269 e. The molecule has 0 saturated carbocycles. The van der Waals surface area contributed by atoms with Gasteiger partial charge in [-0.3, -0.25) is 4.79 Å². The van der Waals surface area contributed by atoms with Gasteiger partial charge in [-0.2, -0.15) is 0 Å². The number of aromatic nitrogens is 1. The lowest BCUT2D eigenvalue weighted by atomic mass is 10.1. The second kappa shape index (κ2) is 4.78. The number of hydrogen-bond acceptors (Lipinski definition) is 2. The molecule has 1 amide bonds. The summed E-state index contributed by atoms with van der Waals surface area (Å²) in [5, 5.41) is 2.59. The summed E-state index contributed by atoms with van der Waals surface area (Å²) in [5.41, 5.74) is 3.31. The summed E-state index contributed by atoms with van der Waals surface area (Å²) >= 11 is 0.